The van der Waals surface area contributed by atoms with Crippen LogP contribution in [-0.2, 0) is 24.7 Å². The van der Waals surface area contributed by atoms with E-state index in [9.17, 15) is 18.0 Å². The number of carboxylic acids is 1. The molecule has 0 spiro atoms. The van der Waals surface area contributed by atoms with Crippen molar-refractivity contribution in [2.24, 2.45) is 12.8 Å². The van der Waals surface area contributed by atoms with Crippen LogP contribution >= 0.6 is 15.9 Å². The minimum atomic E-state index is -5.08. The second-order valence-corrected chi connectivity index (χ2v) is 9.85. The van der Waals surface area contributed by atoms with Gasteiger partial charge in [0.05, 0.1) is 15.9 Å². The van der Waals surface area contributed by atoms with Crippen molar-refractivity contribution in [3.8, 4) is 23.1 Å². The number of carbonyl (C=O) groups is 2. The van der Waals surface area contributed by atoms with Crippen LogP contribution in [0.25, 0.3) is 11.4 Å². The molecule has 1 aromatic carbocycles. The predicted molar refractivity (Wildman–Crippen MR) is 138 cm³/mol. The summed E-state index contributed by atoms with van der Waals surface area (Å²) >= 11 is 3.63. The lowest BCUT2D eigenvalue weighted by Crippen LogP contribution is -2.44. The molecule has 39 heavy (non-hydrogen) atoms. The number of nitrogens with two attached hydrogens (primary N) is 1. The van der Waals surface area contributed by atoms with Gasteiger partial charge in [0, 0.05) is 50.7 Å². The van der Waals surface area contributed by atoms with Gasteiger partial charge in [-0.1, -0.05) is 0 Å². The molecule has 1 saturated heterocycles. The first-order valence-corrected chi connectivity index (χ1v) is 12.6. The molecular formula is C24H25BrF3N7O4. The maximum atomic E-state index is 11.8. The van der Waals surface area contributed by atoms with Gasteiger partial charge >= 0.3 is 18.2 Å². The fourth-order valence-electron chi connectivity index (χ4n) is 4.32. The normalized spacial score (nSPS) is 15.1. The number of rotatable bonds is 4. The number of halogens is 4. The van der Waals surface area contributed by atoms with E-state index < -0.39 is 18.1 Å². The second kappa shape index (κ2) is 11.2. The number of aliphatic carboxylic acids is 1. The summed E-state index contributed by atoms with van der Waals surface area (Å²) in [6.45, 7) is 4.09. The third-order valence-electron chi connectivity index (χ3n) is 6.32. The molecule has 1 aliphatic heterocycles. The number of nitrogens with zero attached hydrogens (tertiary/aromatic N) is 6. The monoisotopic (exact) mass is 611 g/mol. The van der Waals surface area contributed by atoms with E-state index in [0.29, 0.717) is 17.9 Å². The molecule has 11 nitrogen and oxygen atoms in total. The molecule has 2 aromatic heterocycles. The van der Waals surface area contributed by atoms with E-state index in [2.05, 4.69) is 60.0 Å². The van der Waals surface area contributed by atoms with Crippen LogP contribution in [0.2, 0.25) is 0 Å². The third kappa shape index (κ3) is 6.30. The summed E-state index contributed by atoms with van der Waals surface area (Å²) in [6, 6.07) is 6.30. The highest BCUT2D eigenvalue weighted by Gasteiger charge is 2.38. The molecule has 3 heterocycles. The van der Waals surface area contributed by atoms with Crippen LogP contribution in [0.5, 0.6) is 11.8 Å². The van der Waals surface area contributed by atoms with Crippen molar-refractivity contribution in [3.05, 3.63) is 45.7 Å². The van der Waals surface area contributed by atoms with Crippen molar-refractivity contribution < 1.29 is 32.6 Å². The van der Waals surface area contributed by atoms with Crippen molar-refractivity contribution >= 4 is 33.5 Å². The number of hydrogen-bond acceptors (Lipinski definition) is 8. The van der Waals surface area contributed by atoms with Gasteiger partial charge in [0.1, 0.15) is 5.75 Å². The van der Waals surface area contributed by atoms with Gasteiger partial charge in [-0.15, -0.1) is 0 Å². The standard InChI is InChI=1S/C22H24BrN7O2.C2HF3O2/c1-28-7-9-30(10-8-28)14-4-6-17(16(23)11-14)32-22-25-12-13-3-5-15-19(21(24)31)27-29(2)20(15)18(13)26-22;3-2(4,5)1(6)7/h4,6,11-12H,3,5,7-10H2,1-2H3,(H2,24,31);(H,6,7). The molecule has 208 valence electrons. The maximum absolute atomic E-state index is 11.8. The average Bonchev–Trinajstić information content (AvgIpc) is 3.23. The van der Waals surface area contributed by atoms with Crippen LogP contribution in [0.3, 0.4) is 0 Å². The molecule has 0 unspecified atom stereocenters. The number of carboxylic acid groups (broad SMARTS) is 1. The number of hydrogen-bond donors (Lipinski definition) is 2. The minimum absolute atomic E-state index is 0.242. The van der Waals surface area contributed by atoms with Crippen LogP contribution in [0.15, 0.2) is 28.9 Å². The zero-order valence-corrected chi connectivity index (χ0v) is 22.6. The number of carbonyl (C=O) groups excluding carboxylic acids is 1. The second-order valence-electron chi connectivity index (χ2n) is 9.00. The highest BCUT2D eigenvalue weighted by molar-refractivity contribution is 9.10. The quantitative estimate of drug-likeness (QED) is 0.455. The first-order chi connectivity index (χ1) is 18.3. The summed E-state index contributed by atoms with van der Waals surface area (Å²) in [5, 5.41) is 11.4. The molecule has 15 heteroatoms. The molecule has 1 amide bonds. The zero-order chi connectivity index (χ0) is 28.5. The van der Waals surface area contributed by atoms with E-state index in [-0.39, 0.29) is 6.01 Å². The molecule has 3 N–H and O–H groups in total. The molecule has 0 radical (unpaired) electrons. The molecule has 1 fully saturated rings. The Labute approximate surface area is 229 Å². The highest BCUT2D eigenvalue weighted by Crippen LogP contribution is 2.36. The number of ether oxygens (including phenoxy) is 1. The lowest BCUT2D eigenvalue weighted by Gasteiger charge is -2.34. The average molecular weight is 612 g/mol. The summed E-state index contributed by atoms with van der Waals surface area (Å²) in [6.07, 6.45) is -1.90. The first kappa shape index (κ1) is 28.3. The van der Waals surface area contributed by atoms with Crippen LogP contribution in [0, 0.1) is 0 Å². The number of fused-ring (bicyclic) bond motifs is 3. The summed E-state index contributed by atoms with van der Waals surface area (Å²) in [7, 11) is 3.93. The Morgan fingerprint density at radius 3 is 2.38 bits per heavy atom. The Balaban J connectivity index is 0.000000448. The Morgan fingerprint density at radius 2 is 1.79 bits per heavy atom. The maximum Gasteiger partial charge on any atom is 0.490 e. The number of likely N-dealkylation sites (N-methyl/N-ethyl adjacent to an activating group) is 1. The van der Waals surface area contributed by atoms with Crippen molar-refractivity contribution in [1.29, 1.82) is 0 Å². The molecule has 0 bridgehead atoms. The molecule has 2 aliphatic rings. The van der Waals surface area contributed by atoms with Crippen molar-refractivity contribution in [2.45, 2.75) is 19.0 Å². The molecular weight excluding hydrogens is 587 g/mol. The first-order valence-electron chi connectivity index (χ1n) is 11.8. The van der Waals surface area contributed by atoms with Crippen LogP contribution < -0.4 is 15.4 Å². The van der Waals surface area contributed by atoms with Gasteiger partial charge in [-0.3, -0.25) is 9.48 Å². The number of aryl methyl sites for hydroxylation is 2. The van der Waals surface area contributed by atoms with E-state index in [1.54, 1.807) is 17.9 Å². The summed E-state index contributed by atoms with van der Waals surface area (Å²) < 4.78 is 40.3. The number of amides is 1. The number of piperazine rings is 1. The zero-order valence-electron chi connectivity index (χ0n) is 21.0. The minimum Gasteiger partial charge on any atom is -0.475 e. The summed E-state index contributed by atoms with van der Waals surface area (Å²) in [5.41, 5.74) is 10.3. The molecule has 5 rings (SSSR count). The van der Waals surface area contributed by atoms with E-state index >= 15 is 0 Å². The van der Waals surface area contributed by atoms with Crippen LogP contribution in [0.4, 0.5) is 18.9 Å². The SMILES string of the molecule is CN1CCN(c2ccc(Oc3ncc4c(n3)-c3c(c(C(N)=O)nn3C)CC4)c(Br)c2)CC1.O=C(O)C(F)(F)F. The van der Waals surface area contributed by atoms with E-state index in [1.807, 2.05) is 6.07 Å². The van der Waals surface area contributed by atoms with Gasteiger partial charge in [-0.2, -0.15) is 23.3 Å². The Hall–Kier alpha value is -3.72. The molecule has 0 atom stereocenters. The highest BCUT2D eigenvalue weighted by atomic mass is 79.9. The van der Waals surface area contributed by atoms with E-state index in [4.69, 9.17) is 20.4 Å². The third-order valence-corrected chi connectivity index (χ3v) is 6.94. The van der Waals surface area contributed by atoms with Gasteiger partial charge in [-0.05, 0) is 59.6 Å². The van der Waals surface area contributed by atoms with E-state index in [0.717, 1.165) is 65.3 Å². The van der Waals surface area contributed by atoms with Gasteiger partial charge in [0.15, 0.2) is 5.69 Å². The fourth-order valence-corrected chi connectivity index (χ4v) is 4.77. The lowest BCUT2D eigenvalue weighted by atomic mass is 9.93. The van der Waals surface area contributed by atoms with Crippen molar-refractivity contribution in [1.82, 2.24) is 24.6 Å². The Kier molecular flexibility index (Phi) is 8.11. The van der Waals surface area contributed by atoms with Gasteiger partial charge < -0.3 is 25.4 Å². The summed E-state index contributed by atoms with van der Waals surface area (Å²) in [4.78, 5) is 34.4. The largest absolute Gasteiger partial charge is 0.490 e. The fraction of sp³-hybridized carbons (Fsp3) is 0.375. The Morgan fingerprint density at radius 1 is 1.13 bits per heavy atom. The van der Waals surface area contributed by atoms with Gasteiger partial charge in [0.25, 0.3) is 5.91 Å². The summed E-state index contributed by atoms with van der Waals surface area (Å²) in [5.74, 6) is -2.64. The van der Waals surface area contributed by atoms with Gasteiger partial charge in [0.2, 0.25) is 0 Å². The number of aromatic nitrogens is 4. The topological polar surface area (TPSA) is 140 Å². The molecule has 0 saturated carbocycles. The molecule has 3 aromatic rings. The van der Waals surface area contributed by atoms with Gasteiger partial charge in [-0.25, -0.2) is 9.78 Å². The number of alkyl halides is 3. The lowest BCUT2D eigenvalue weighted by molar-refractivity contribution is -0.192. The number of anilines is 1. The number of primary amides is 1. The number of benzene rings is 1. The van der Waals surface area contributed by atoms with Crippen LogP contribution in [0.1, 0.15) is 21.6 Å². The Bertz CT molecular complexity index is 1410. The van der Waals surface area contributed by atoms with Crippen molar-refractivity contribution in [2.75, 3.05) is 38.1 Å². The molecule has 1 aliphatic carbocycles. The van der Waals surface area contributed by atoms with Crippen LogP contribution in [-0.4, -0.2) is 81.0 Å². The smallest absolute Gasteiger partial charge is 0.475 e. The predicted octanol–water partition coefficient (Wildman–Crippen LogP) is 3.01. The van der Waals surface area contributed by atoms with E-state index in [1.165, 1.54) is 0 Å². The van der Waals surface area contributed by atoms with Crippen molar-refractivity contribution in [3.63, 3.8) is 0 Å².